The van der Waals surface area contributed by atoms with Crippen LogP contribution < -0.4 is 10.1 Å². The minimum Gasteiger partial charge on any atom is -0.434 e. The largest absolute Gasteiger partial charge is 0.434 e. The van der Waals surface area contributed by atoms with Crippen molar-refractivity contribution in [1.82, 2.24) is 10.3 Å². The van der Waals surface area contributed by atoms with Crippen molar-refractivity contribution in [3.63, 3.8) is 0 Å². The number of benzene rings is 1. The van der Waals surface area contributed by atoms with Gasteiger partial charge in [0.15, 0.2) is 0 Å². The molecule has 1 N–H and O–H groups in total. The fourth-order valence-electron chi connectivity index (χ4n) is 1.95. The van der Waals surface area contributed by atoms with E-state index in [2.05, 4.69) is 15.0 Å². The minimum absolute atomic E-state index is 0.0741. The Morgan fingerprint density at radius 1 is 1.23 bits per heavy atom. The second-order valence-electron chi connectivity index (χ2n) is 4.62. The molecular weight excluding hydrogens is 290 g/mol. The first kappa shape index (κ1) is 15.9. The smallest absolute Gasteiger partial charge is 0.387 e. The number of hydrogen-bond acceptors (Lipinski definition) is 3. The molecule has 0 bridgehead atoms. The van der Waals surface area contributed by atoms with E-state index >= 15 is 0 Å². The van der Waals surface area contributed by atoms with Gasteiger partial charge in [-0.05, 0) is 24.1 Å². The summed E-state index contributed by atoms with van der Waals surface area (Å²) in [6, 6.07) is 10.1. The first-order valence-electron chi connectivity index (χ1n) is 6.83. The number of para-hydroxylation sites is 1. The molecule has 1 amide bonds. The van der Waals surface area contributed by atoms with Gasteiger partial charge < -0.3 is 10.1 Å². The van der Waals surface area contributed by atoms with E-state index in [0.717, 1.165) is 5.56 Å². The zero-order valence-corrected chi connectivity index (χ0v) is 11.8. The Hall–Kier alpha value is -2.50. The van der Waals surface area contributed by atoms with Crippen LogP contribution in [0, 0.1) is 0 Å². The molecule has 0 aliphatic heterocycles. The number of hydrogen-bond donors (Lipinski definition) is 1. The summed E-state index contributed by atoms with van der Waals surface area (Å²) in [5, 5.41) is 2.70. The summed E-state index contributed by atoms with van der Waals surface area (Å²) in [7, 11) is 0. The van der Waals surface area contributed by atoms with Gasteiger partial charge in [0, 0.05) is 30.9 Å². The topological polar surface area (TPSA) is 51.2 Å². The van der Waals surface area contributed by atoms with Crippen molar-refractivity contribution in [1.29, 1.82) is 0 Å². The molecule has 6 heteroatoms. The molecule has 22 heavy (non-hydrogen) atoms. The lowest BCUT2D eigenvalue weighted by Crippen LogP contribution is -2.23. The first-order valence-corrected chi connectivity index (χ1v) is 6.83. The monoisotopic (exact) mass is 306 g/mol. The molecule has 0 atom stereocenters. The number of nitrogens with zero attached hydrogens (tertiary/aromatic N) is 1. The zero-order chi connectivity index (χ0) is 15.8. The summed E-state index contributed by atoms with van der Waals surface area (Å²) in [5.74, 6) is -0.0826. The molecule has 2 aromatic rings. The SMILES string of the molecule is O=C(CCc1cccnc1)NCc1ccccc1OC(F)F. The fraction of sp³-hybridized carbons (Fsp3) is 0.250. The van der Waals surface area contributed by atoms with Crippen LogP contribution in [0.5, 0.6) is 5.75 Å². The van der Waals surface area contributed by atoms with Crippen LogP contribution in [0.3, 0.4) is 0 Å². The van der Waals surface area contributed by atoms with Crippen LogP contribution in [0.25, 0.3) is 0 Å². The number of pyridine rings is 1. The van der Waals surface area contributed by atoms with Crippen molar-refractivity contribution in [2.24, 2.45) is 0 Å². The third kappa shape index (κ3) is 5.12. The van der Waals surface area contributed by atoms with E-state index < -0.39 is 6.61 Å². The highest BCUT2D eigenvalue weighted by Crippen LogP contribution is 2.19. The van der Waals surface area contributed by atoms with Crippen LogP contribution in [0.15, 0.2) is 48.8 Å². The Morgan fingerprint density at radius 3 is 2.77 bits per heavy atom. The summed E-state index contributed by atoms with van der Waals surface area (Å²) in [5.41, 5.74) is 1.48. The zero-order valence-electron chi connectivity index (χ0n) is 11.8. The predicted molar refractivity (Wildman–Crippen MR) is 77.5 cm³/mol. The lowest BCUT2D eigenvalue weighted by Gasteiger charge is -2.11. The van der Waals surface area contributed by atoms with E-state index in [1.807, 2.05) is 12.1 Å². The molecule has 116 valence electrons. The van der Waals surface area contributed by atoms with Gasteiger partial charge in [-0.15, -0.1) is 0 Å². The molecule has 2 rings (SSSR count). The maximum absolute atomic E-state index is 12.3. The van der Waals surface area contributed by atoms with Crippen LogP contribution in [0.1, 0.15) is 17.5 Å². The molecule has 0 unspecified atom stereocenters. The first-order chi connectivity index (χ1) is 10.6. The van der Waals surface area contributed by atoms with Gasteiger partial charge in [0.1, 0.15) is 5.75 Å². The molecular formula is C16H16F2N2O2. The van der Waals surface area contributed by atoms with Crippen LogP contribution >= 0.6 is 0 Å². The molecule has 1 heterocycles. The fourth-order valence-corrected chi connectivity index (χ4v) is 1.95. The number of aryl methyl sites for hydroxylation is 1. The van der Waals surface area contributed by atoms with Gasteiger partial charge in [-0.1, -0.05) is 24.3 Å². The molecule has 4 nitrogen and oxygen atoms in total. The van der Waals surface area contributed by atoms with E-state index in [4.69, 9.17) is 0 Å². The van der Waals surface area contributed by atoms with E-state index in [9.17, 15) is 13.6 Å². The maximum Gasteiger partial charge on any atom is 0.387 e. The van der Waals surface area contributed by atoms with Crippen LogP contribution in [0.2, 0.25) is 0 Å². The number of halogens is 2. The van der Waals surface area contributed by atoms with Gasteiger partial charge in [0.05, 0.1) is 0 Å². The van der Waals surface area contributed by atoms with Crippen LogP contribution in [0.4, 0.5) is 8.78 Å². The highest BCUT2D eigenvalue weighted by molar-refractivity contribution is 5.76. The number of ether oxygens (including phenoxy) is 1. The molecule has 0 aliphatic rings. The number of aromatic nitrogens is 1. The van der Waals surface area contributed by atoms with Crippen LogP contribution in [-0.2, 0) is 17.8 Å². The van der Waals surface area contributed by atoms with Gasteiger partial charge in [-0.3, -0.25) is 9.78 Å². The number of nitrogens with one attached hydrogen (secondary N) is 1. The molecule has 0 spiro atoms. The van der Waals surface area contributed by atoms with Gasteiger partial charge in [-0.25, -0.2) is 0 Å². The van der Waals surface area contributed by atoms with Crippen molar-refractivity contribution in [3.05, 3.63) is 59.9 Å². The van der Waals surface area contributed by atoms with E-state index in [0.29, 0.717) is 18.4 Å². The highest BCUT2D eigenvalue weighted by atomic mass is 19.3. The summed E-state index contributed by atoms with van der Waals surface area (Å²) < 4.78 is 29.0. The predicted octanol–water partition coefficient (Wildman–Crippen LogP) is 2.93. The molecule has 0 aliphatic carbocycles. The molecule has 0 radical (unpaired) electrons. The quantitative estimate of drug-likeness (QED) is 0.855. The number of carbonyl (C=O) groups is 1. The van der Waals surface area contributed by atoms with Crippen molar-refractivity contribution in [3.8, 4) is 5.75 Å². The third-order valence-electron chi connectivity index (χ3n) is 3.03. The molecule has 0 fully saturated rings. The Kier molecular flexibility index (Phi) is 5.82. The Morgan fingerprint density at radius 2 is 2.05 bits per heavy atom. The Balaban J connectivity index is 1.83. The molecule has 1 aromatic heterocycles. The van der Waals surface area contributed by atoms with Gasteiger partial charge in [-0.2, -0.15) is 8.78 Å². The summed E-state index contributed by atoms with van der Waals surface area (Å²) in [4.78, 5) is 15.8. The lowest BCUT2D eigenvalue weighted by molar-refractivity contribution is -0.121. The Labute approximate surface area is 127 Å². The number of amides is 1. The van der Waals surface area contributed by atoms with E-state index in [1.54, 1.807) is 30.6 Å². The number of carbonyl (C=O) groups excluding carboxylic acids is 1. The van der Waals surface area contributed by atoms with E-state index in [-0.39, 0.29) is 18.2 Å². The second kappa shape index (κ2) is 8.07. The van der Waals surface area contributed by atoms with Gasteiger partial charge in [0.2, 0.25) is 5.91 Å². The molecule has 0 saturated carbocycles. The molecule has 0 saturated heterocycles. The third-order valence-corrected chi connectivity index (χ3v) is 3.03. The number of alkyl halides is 2. The van der Waals surface area contributed by atoms with Crippen molar-refractivity contribution in [2.75, 3.05) is 0 Å². The van der Waals surface area contributed by atoms with Gasteiger partial charge in [0.25, 0.3) is 0 Å². The summed E-state index contributed by atoms with van der Waals surface area (Å²) in [6.45, 7) is -2.74. The van der Waals surface area contributed by atoms with Gasteiger partial charge >= 0.3 is 6.61 Å². The van der Waals surface area contributed by atoms with Crippen LogP contribution in [-0.4, -0.2) is 17.5 Å². The normalized spacial score (nSPS) is 10.5. The number of rotatable bonds is 7. The average Bonchev–Trinajstić information content (AvgIpc) is 2.52. The standard InChI is InChI=1S/C16H16F2N2O2/c17-16(18)22-14-6-2-1-5-13(14)11-20-15(21)8-7-12-4-3-9-19-10-12/h1-6,9-10,16H,7-8,11H2,(H,20,21). The van der Waals surface area contributed by atoms with Crippen molar-refractivity contribution < 1.29 is 18.3 Å². The lowest BCUT2D eigenvalue weighted by atomic mass is 10.1. The average molecular weight is 306 g/mol. The van der Waals surface area contributed by atoms with Crippen molar-refractivity contribution >= 4 is 5.91 Å². The second-order valence-corrected chi connectivity index (χ2v) is 4.62. The molecule has 1 aromatic carbocycles. The summed E-state index contributed by atoms with van der Waals surface area (Å²) >= 11 is 0. The Bertz CT molecular complexity index is 606. The van der Waals surface area contributed by atoms with Crippen molar-refractivity contribution in [2.45, 2.75) is 26.0 Å². The summed E-state index contributed by atoms with van der Waals surface area (Å²) in [6.07, 6.45) is 4.26. The maximum atomic E-state index is 12.3. The highest BCUT2D eigenvalue weighted by Gasteiger charge is 2.10. The minimum atomic E-state index is -2.89. The van der Waals surface area contributed by atoms with E-state index in [1.165, 1.54) is 6.07 Å².